The number of rotatable bonds is 6. The largest absolute Gasteiger partial charge is 0.483 e. The predicted octanol–water partition coefficient (Wildman–Crippen LogP) is 0.857. The van der Waals surface area contributed by atoms with Crippen LogP contribution in [0.2, 0.25) is 0 Å². The molecule has 0 unspecified atom stereocenters. The Morgan fingerprint density at radius 3 is 2.67 bits per heavy atom. The summed E-state index contributed by atoms with van der Waals surface area (Å²) in [7, 11) is 0. The molecule has 3 N–H and O–H groups in total. The van der Waals surface area contributed by atoms with Gasteiger partial charge >= 0.3 is 0 Å². The zero-order chi connectivity index (χ0) is 13.5. The number of para-hydroxylation sites is 1. The second-order valence-electron chi connectivity index (χ2n) is 3.88. The van der Waals surface area contributed by atoms with Crippen molar-refractivity contribution in [3.8, 4) is 5.75 Å². The Kier molecular flexibility index (Phi) is 4.92. The van der Waals surface area contributed by atoms with Crippen LogP contribution in [0.15, 0.2) is 36.4 Å². The molecule has 0 atom stereocenters. The van der Waals surface area contributed by atoms with Gasteiger partial charge in [0, 0.05) is 6.54 Å². The zero-order valence-electron chi connectivity index (χ0n) is 10.2. The third-order valence-corrected chi connectivity index (χ3v) is 2.10. The number of benzene rings is 1. The molecule has 0 aliphatic heterocycles. The van der Waals surface area contributed by atoms with Crippen LogP contribution >= 0.6 is 0 Å². The Hall–Kier alpha value is -2.30. The minimum atomic E-state index is -0.590. The molecule has 0 aromatic heterocycles. The lowest BCUT2D eigenvalue weighted by Crippen LogP contribution is -2.30. The smallest absolute Gasteiger partial charge is 0.258 e. The van der Waals surface area contributed by atoms with Gasteiger partial charge in [-0.25, -0.2) is 0 Å². The number of ether oxygens (including phenoxy) is 1. The molecule has 0 spiro atoms. The van der Waals surface area contributed by atoms with Gasteiger partial charge in [0.05, 0.1) is 5.56 Å². The van der Waals surface area contributed by atoms with Gasteiger partial charge in [-0.1, -0.05) is 24.3 Å². The summed E-state index contributed by atoms with van der Waals surface area (Å²) in [5.41, 5.74) is 6.29. The van der Waals surface area contributed by atoms with Crippen molar-refractivity contribution in [2.45, 2.75) is 6.92 Å². The van der Waals surface area contributed by atoms with Crippen LogP contribution in [0.3, 0.4) is 0 Å². The van der Waals surface area contributed by atoms with E-state index in [1.165, 1.54) is 0 Å². The average molecular weight is 248 g/mol. The van der Waals surface area contributed by atoms with E-state index in [1.54, 1.807) is 24.3 Å². The Balaban J connectivity index is 2.56. The van der Waals surface area contributed by atoms with Gasteiger partial charge in [-0.15, -0.1) is 0 Å². The van der Waals surface area contributed by atoms with Gasteiger partial charge < -0.3 is 15.8 Å². The highest BCUT2D eigenvalue weighted by atomic mass is 16.5. The number of hydrogen-bond donors (Lipinski definition) is 2. The molecule has 1 aromatic rings. The van der Waals surface area contributed by atoms with Crippen molar-refractivity contribution in [3.05, 3.63) is 42.0 Å². The van der Waals surface area contributed by atoms with Gasteiger partial charge in [0.15, 0.2) is 6.61 Å². The van der Waals surface area contributed by atoms with Crippen LogP contribution in [0.4, 0.5) is 0 Å². The third kappa shape index (κ3) is 4.29. The summed E-state index contributed by atoms with van der Waals surface area (Å²) in [6.07, 6.45) is 0. The normalized spacial score (nSPS) is 9.61. The summed E-state index contributed by atoms with van der Waals surface area (Å²) in [5, 5.41) is 2.62. The van der Waals surface area contributed by atoms with Crippen molar-refractivity contribution in [3.63, 3.8) is 0 Å². The maximum absolute atomic E-state index is 11.4. The van der Waals surface area contributed by atoms with E-state index in [4.69, 9.17) is 10.5 Å². The molecule has 96 valence electrons. The molecule has 5 heteroatoms. The van der Waals surface area contributed by atoms with Crippen LogP contribution in [-0.2, 0) is 4.79 Å². The van der Waals surface area contributed by atoms with Gasteiger partial charge in [-0.2, -0.15) is 0 Å². The maximum Gasteiger partial charge on any atom is 0.258 e. The fourth-order valence-corrected chi connectivity index (χ4v) is 1.24. The number of carbonyl (C=O) groups excluding carboxylic acids is 2. The summed E-state index contributed by atoms with van der Waals surface area (Å²) in [4.78, 5) is 22.5. The first-order valence-electron chi connectivity index (χ1n) is 5.43. The van der Waals surface area contributed by atoms with Crippen molar-refractivity contribution >= 4 is 11.8 Å². The number of primary amides is 1. The number of nitrogens with two attached hydrogens (primary N) is 1. The highest BCUT2D eigenvalue weighted by Gasteiger charge is 2.09. The SMILES string of the molecule is C=C(C)CNC(=O)COc1ccccc1C(N)=O. The first-order valence-corrected chi connectivity index (χ1v) is 5.43. The van der Waals surface area contributed by atoms with Crippen molar-refractivity contribution < 1.29 is 14.3 Å². The summed E-state index contributed by atoms with van der Waals surface area (Å²) in [6.45, 7) is 5.71. The molecule has 0 saturated carbocycles. The highest BCUT2D eigenvalue weighted by molar-refractivity contribution is 5.95. The van der Waals surface area contributed by atoms with Gasteiger partial charge in [-0.05, 0) is 19.1 Å². The minimum Gasteiger partial charge on any atom is -0.483 e. The number of nitrogens with one attached hydrogen (secondary N) is 1. The van der Waals surface area contributed by atoms with Crippen molar-refractivity contribution in [2.75, 3.05) is 13.2 Å². The lowest BCUT2D eigenvalue weighted by Gasteiger charge is -2.09. The van der Waals surface area contributed by atoms with Crippen LogP contribution in [0.1, 0.15) is 17.3 Å². The van der Waals surface area contributed by atoms with Crippen molar-refractivity contribution in [2.24, 2.45) is 5.73 Å². The Bertz CT molecular complexity index is 469. The van der Waals surface area contributed by atoms with Crippen LogP contribution in [0, 0.1) is 0 Å². The van der Waals surface area contributed by atoms with E-state index in [9.17, 15) is 9.59 Å². The number of hydrogen-bond acceptors (Lipinski definition) is 3. The maximum atomic E-state index is 11.4. The topological polar surface area (TPSA) is 81.4 Å². The summed E-state index contributed by atoms with van der Waals surface area (Å²) < 4.78 is 5.25. The molecule has 5 nitrogen and oxygen atoms in total. The molecule has 0 aliphatic carbocycles. The molecule has 0 bridgehead atoms. The standard InChI is InChI=1S/C13H16N2O3/c1-9(2)7-15-12(16)8-18-11-6-4-3-5-10(11)13(14)17/h3-6H,1,7-8H2,2H3,(H2,14,17)(H,15,16). The van der Waals surface area contributed by atoms with Crippen molar-refractivity contribution in [1.82, 2.24) is 5.32 Å². The number of carbonyl (C=O) groups is 2. The average Bonchev–Trinajstić information content (AvgIpc) is 2.34. The molecule has 1 aromatic carbocycles. The lowest BCUT2D eigenvalue weighted by molar-refractivity contribution is -0.122. The summed E-state index contributed by atoms with van der Waals surface area (Å²) >= 11 is 0. The lowest BCUT2D eigenvalue weighted by atomic mass is 10.2. The fourth-order valence-electron chi connectivity index (χ4n) is 1.24. The number of amides is 2. The predicted molar refractivity (Wildman–Crippen MR) is 68.3 cm³/mol. The Morgan fingerprint density at radius 1 is 1.39 bits per heavy atom. The van der Waals surface area contributed by atoms with E-state index >= 15 is 0 Å². The van der Waals surface area contributed by atoms with E-state index in [1.807, 2.05) is 6.92 Å². The molecule has 0 fully saturated rings. The van der Waals surface area contributed by atoms with Crippen LogP contribution in [-0.4, -0.2) is 25.0 Å². The van der Waals surface area contributed by atoms with Crippen molar-refractivity contribution in [1.29, 1.82) is 0 Å². The molecular formula is C13H16N2O3. The monoisotopic (exact) mass is 248 g/mol. The quantitative estimate of drug-likeness (QED) is 0.732. The van der Waals surface area contributed by atoms with Crippen LogP contribution in [0.5, 0.6) is 5.75 Å². The second-order valence-corrected chi connectivity index (χ2v) is 3.88. The molecule has 0 radical (unpaired) electrons. The minimum absolute atomic E-state index is 0.169. The molecule has 0 heterocycles. The molecule has 2 amide bonds. The summed E-state index contributed by atoms with van der Waals surface area (Å²) in [5.74, 6) is -0.569. The van der Waals surface area contributed by atoms with E-state index in [0.717, 1.165) is 5.57 Å². The zero-order valence-corrected chi connectivity index (χ0v) is 10.2. The Labute approximate surface area is 106 Å². The van der Waals surface area contributed by atoms with E-state index < -0.39 is 5.91 Å². The highest BCUT2D eigenvalue weighted by Crippen LogP contribution is 2.16. The van der Waals surface area contributed by atoms with Gasteiger partial charge in [0.25, 0.3) is 11.8 Å². The first-order chi connectivity index (χ1) is 8.50. The first kappa shape index (κ1) is 13.8. The molecule has 1 rings (SSSR count). The van der Waals surface area contributed by atoms with E-state index in [-0.39, 0.29) is 18.1 Å². The fraction of sp³-hybridized carbons (Fsp3) is 0.231. The van der Waals surface area contributed by atoms with E-state index in [2.05, 4.69) is 11.9 Å². The molecule has 18 heavy (non-hydrogen) atoms. The van der Waals surface area contributed by atoms with E-state index in [0.29, 0.717) is 12.3 Å². The molecule has 0 aliphatic rings. The second kappa shape index (κ2) is 6.44. The van der Waals surface area contributed by atoms with Crippen LogP contribution in [0.25, 0.3) is 0 Å². The van der Waals surface area contributed by atoms with Gasteiger partial charge in [-0.3, -0.25) is 9.59 Å². The third-order valence-electron chi connectivity index (χ3n) is 2.10. The van der Waals surface area contributed by atoms with Gasteiger partial charge in [0.1, 0.15) is 5.75 Å². The molecule has 0 saturated heterocycles. The molecular weight excluding hydrogens is 232 g/mol. The Morgan fingerprint density at radius 2 is 2.06 bits per heavy atom. The van der Waals surface area contributed by atoms with Crippen LogP contribution < -0.4 is 15.8 Å². The summed E-state index contributed by atoms with van der Waals surface area (Å²) in [6, 6.07) is 6.51. The van der Waals surface area contributed by atoms with Gasteiger partial charge in [0.2, 0.25) is 0 Å².